The first-order valence-corrected chi connectivity index (χ1v) is 5.02. The highest BCUT2D eigenvalue weighted by Gasteiger charge is 2.15. The number of hydrogen-bond acceptors (Lipinski definition) is 3. The number of nitrogens with two attached hydrogens (primary N) is 2. The van der Waals surface area contributed by atoms with Crippen LogP contribution < -0.4 is 11.5 Å². The largest absolute Gasteiger partial charge is 0.456 e. The number of hydrogen-bond donors (Lipinski definition) is 2. The molecule has 0 bridgehead atoms. The van der Waals surface area contributed by atoms with E-state index in [0.29, 0.717) is 11.4 Å². The van der Waals surface area contributed by atoms with Gasteiger partial charge >= 0.3 is 0 Å². The first kappa shape index (κ1) is 8.41. The Morgan fingerprint density at radius 3 is 2.80 bits per heavy atom. The quantitative estimate of drug-likeness (QED) is 0.642. The van der Waals surface area contributed by atoms with Crippen LogP contribution in [0.1, 0.15) is 17.7 Å². The Balaban J connectivity index is 2.38. The van der Waals surface area contributed by atoms with Gasteiger partial charge in [-0.1, -0.05) is 6.08 Å². The number of furan rings is 1. The summed E-state index contributed by atoms with van der Waals surface area (Å²) < 4.78 is 5.70. The van der Waals surface area contributed by atoms with E-state index in [1.54, 1.807) is 6.07 Å². The minimum Gasteiger partial charge on any atom is -0.456 e. The van der Waals surface area contributed by atoms with Crippen molar-refractivity contribution >= 4 is 28.4 Å². The van der Waals surface area contributed by atoms with Crippen LogP contribution >= 0.6 is 0 Å². The molecule has 1 aliphatic rings. The summed E-state index contributed by atoms with van der Waals surface area (Å²) in [6.45, 7) is 0. The summed E-state index contributed by atoms with van der Waals surface area (Å²) in [5.74, 6) is 0.946. The second-order valence-electron chi connectivity index (χ2n) is 3.86. The molecule has 0 fully saturated rings. The van der Waals surface area contributed by atoms with E-state index in [1.807, 2.05) is 12.1 Å². The van der Waals surface area contributed by atoms with Crippen LogP contribution in [0, 0.1) is 0 Å². The number of anilines is 2. The van der Waals surface area contributed by atoms with E-state index in [2.05, 4.69) is 6.08 Å². The molecule has 1 aromatic heterocycles. The lowest BCUT2D eigenvalue weighted by molar-refractivity contribution is 0.595. The Morgan fingerprint density at radius 1 is 1.13 bits per heavy atom. The van der Waals surface area contributed by atoms with Crippen LogP contribution in [-0.2, 0) is 6.42 Å². The van der Waals surface area contributed by atoms with E-state index in [4.69, 9.17) is 15.9 Å². The molecule has 1 aromatic carbocycles. The highest BCUT2D eigenvalue weighted by atomic mass is 16.3. The molecule has 2 aromatic rings. The zero-order chi connectivity index (χ0) is 10.4. The molecule has 3 nitrogen and oxygen atoms in total. The van der Waals surface area contributed by atoms with Crippen molar-refractivity contribution in [1.29, 1.82) is 0 Å². The summed E-state index contributed by atoms with van der Waals surface area (Å²) in [6, 6.07) is 3.71. The number of aryl methyl sites for hydroxylation is 1. The first-order chi connectivity index (χ1) is 7.25. The molecule has 1 heterocycles. The normalized spacial score (nSPS) is 14.4. The molecule has 0 saturated heterocycles. The Kier molecular flexibility index (Phi) is 1.57. The summed E-state index contributed by atoms with van der Waals surface area (Å²) >= 11 is 0. The maximum absolute atomic E-state index is 5.79. The highest BCUT2D eigenvalue weighted by molar-refractivity contribution is 5.92. The van der Waals surface area contributed by atoms with Crippen molar-refractivity contribution in [2.24, 2.45) is 0 Å². The first-order valence-electron chi connectivity index (χ1n) is 5.02. The average molecular weight is 200 g/mol. The van der Waals surface area contributed by atoms with Gasteiger partial charge in [-0.05, 0) is 25.0 Å². The Labute approximate surface area is 87.4 Å². The molecule has 0 radical (unpaired) electrons. The summed E-state index contributed by atoms with van der Waals surface area (Å²) in [5.41, 5.74) is 14.8. The lowest BCUT2D eigenvalue weighted by Gasteiger charge is -2.03. The molecule has 76 valence electrons. The maximum atomic E-state index is 5.79. The summed E-state index contributed by atoms with van der Waals surface area (Å²) in [5, 5.41) is 1.10. The van der Waals surface area contributed by atoms with Crippen molar-refractivity contribution in [1.82, 2.24) is 0 Å². The second kappa shape index (κ2) is 2.79. The van der Waals surface area contributed by atoms with Crippen molar-refractivity contribution in [2.75, 3.05) is 11.5 Å². The summed E-state index contributed by atoms with van der Waals surface area (Å²) in [6.07, 6.45) is 6.22. The second-order valence-corrected chi connectivity index (χ2v) is 3.86. The Morgan fingerprint density at radius 2 is 1.93 bits per heavy atom. The maximum Gasteiger partial charge on any atom is 0.137 e. The predicted octanol–water partition coefficient (Wildman–Crippen LogP) is 2.56. The van der Waals surface area contributed by atoms with Crippen molar-refractivity contribution in [3.05, 3.63) is 29.5 Å². The molecular weight excluding hydrogens is 188 g/mol. The average Bonchev–Trinajstić information content (AvgIpc) is 2.57. The number of nitrogen functional groups attached to an aromatic ring is 2. The summed E-state index contributed by atoms with van der Waals surface area (Å²) in [4.78, 5) is 0. The molecular formula is C12H12N2O. The topological polar surface area (TPSA) is 65.2 Å². The molecule has 0 atom stereocenters. The molecule has 4 N–H and O–H groups in total. The van der Waals surface area contributed by atoms with E-state index >= 15 is 0 Å². The van der Waals surface area contributed by atoms with E-state index in [-0.39, 0.29) is 0 Å². The third-order valence-corrected chi connectivity index (χ3v) is 2.86. The van der Waals surface area contributed by atoms with Gasteiger partial charge in [-0.3, -0.25) is 0 Å². The number of fused-ring (bicyclic) bond motifs is 3. The number of rotatable bonds is 0. The van der Waals surface area contributed by atoms with Crippen LogP contribution in [-0.4, -0.2) is 0 Å². The van der Waals surface area contributed by atoms with E-state index in [1.165, 1.54) is 5.56 Å². The van der Waals surface area contributed by atoms with Gasteiger partial charge in [0, 0.05) is 17.0 Å². The van der Waals surface area contributed by atoms with Crippen LogP contribution in [0.25, 0.3) is 17.0 Å². The van der Waals surface area contributed by atoms with Crippen LogP contribution in [0.3, 0.4) is 0 Å². The monoisotopic (exact) mass is 200 g/mol. The fourth-order valence-corrected chi connectivity index (χ4v) is 2.06. The van der Waals surface area contributed by atoms with E-state index in [9.17, 15) is 0 Å². The molecule has 1 aliphatic carbocycles. The van der Waals surface area contributed by atoms with Gasteiger partial charge in [0.05, 0.1) is 11.4 Å². The number of benzene rings is 1. The predicted molar refractivity (Wildman–Crippen MR) is 62.4 cm³/mol. The molecule has 0 spiro atoms. The van der Waals surface area contributed by atoms with Gasteiger partial charge in [0.25, 0.3) is 0 Å². The van der Waals surface area contributed by atoms with Gasteiger partial charge in [-0.15, -0.1) is 0 Å². The Bertz CT molecular complexity index is 566. The molecule has 0 amide bonds. The molecule has 0 unspecified atom stereocenters. The van der Waals surface area contributed by atoms with Gasteiger partial charge in [-0.25, -0.2) is 0 Å². The van der Waals surface area contributed by atoms with Crippen LogP contribution in [0.2, 0.25) is 0 Å². The SMILES string of the molecule is Nc1cc2oc3c(c2cc1N)CCC=C3. The third kappa shape index (κ3) is 1.13. The van der Waals surface area contributed by atoms with Gasteiger partial charge in [-0.2, -0.15) is 0 Å². The lowest BCUT2D eigenvalue weighted by Crippen LogP contribution is -1.94. The fraction of sp³-hybridized carbons (Fsp3) is 0.167. The summed E-state index contributed by atoms with van der Waals surface area (Å²) in [7, 11) is 0. The van der Waals surface area contributed by atoms with Crippen molar-refractivity contribution < 1.29 is 4.42 Å². The minimum absolute atomic E-state index is 0.581. The van der Waals surface area contributed by atoms with Crippen molar-refractivity contribution in [3.8, 4) is 0 Å². The number of allylic oxidation sites excluding steroid dienone is 1. The highest BCUT2D eigenvalue weighted by Crippen LogP contribution is 2.34. The standard InChI is InChI=1S/C12H12N2O/c13-9-5-8-7-3-1-2-4-11(7)15-12(8)6-10(9)14/h2,4-6H,1,3,13-14H2. The fourth-order valence-electron chi connectivity index (χ4n) is 2.06. The molecule has 3 heteroatoms. The van der Waals surface area contributed by atoms with Crippen molar-refractivity contribution in [3.63, 3.8) is 0 Å². The zero-order valence-electron chi connectivity index (χ0n) is 8.29. The smallest absolute Gasteiger partial charge is 0.137 e. The molecule has 15 heavy (non-hydrogen) atoms. The minimum atomic E-state index is 0.581. The van der Waals surface area contributed by atoms with Gasteiger partial charge < -0.3 is 15.9 Å². The zero-order valence-corrected chi connectivity index (χ0v) is 8.29. The van der Waals surface area contributed by atoms with Crippen LogP contribution in [0.15, 0.2) is 22.6 Å². The third-order valence-electron chi connectivity index (χ3n) is 2.86. The molecule has 0 aliphatic heterocycles. The van der Waals surface area contributed by atoms with Crippen LogP contribution in [0.5, 0.6) is 0 Å². The van der Waals surface area contributed by atoms with Gasteiger partial charge in [0.1, 0.15) is 11.3 Å². The van der Waals surface area contributed by atoms with Crippen molar-refractivity contribution in [2.45, 2.75) is 12.8 Å². The molecule has 3 rings (SSSR count). The van der Waals surface area contributed by atoms with Gasteiger partial charge in [0.15, 0.2) is 0 Å². The molecule has 0 saturated carbocycles. The van der Waals surface area contributed by atoms with Crippen LogP contribution in [0.4, 0.5) is 11.4 Å². The van der Waals surface area contributed by atoms with Gasteiger partial charge in [0.2, 0.25) is 0 Å². The van der Waals surface area contributed by atoms with E-state index < -0.39 is 0 Å². The lowest BCUT2D eigenvalue weighted by atomic mass is 10.0. The Hall–Kier alpha value is -1.90. The van der Waals surface area contributed by atoms with E-state index in [0.717, 1.165) is 29.6 Å².